The molecule has 0 atom stereocenters. The lowest BCUT2D eigenvalue weighted by Crippen LogP contribution is -2.10. The van der Waals surface area contributed by atoms with Crippen molar-refractivity contribution in [3.05, 3.63) is 17.6 Å². The lowest BCUT2D eigenvalue weighted by molar-refractivity contribution is 0.0690. The number of nitrogens with one attached hydrogen (secondary N) is 1. The lowest BCUT2D eigenvalue weighted by Gasteiger charge is -2.04. The standard InChI is InChI=1S/C8H11N3O3/c1-9-7-6(8(13)14)11-5(2-3-12)4-10-7/h4,12H,2-3H2,1H3,(H,9,10)(H,13,14). The number of nitrogens with zero attached hydrogens (tertiary/aromatic N) is 2. The van der Waals surface area contributed by atoms with Gasteiger partial charge < -0.3 is 15.5 Å². The maximum absolute atomic E-state index is 10.7. The summed E-state index contributed by atoms with van der Waals surface area (Å²) >= 11 is 0. The lowest BCUT2D eigenvalue weighted by atomic mass is 10.3. The Bertz CT molecular complexity index is 341. The summed E-state index contributed by atoms with van der Waals surface area (Å²) in [5, 5.41) is 20.1. The van der Waals surface area contributed by atoms with Crippen LogP contribution in [0.25, 0.3) is 0 Å². The topological polar surface area (TPSA) is 95.3 Å². The number of hydrogen-bond acceptors (Lipinski definition) is 5. The van der Waals surface area contributed by atoms with Crippen molar-refractivity contribution in [3.8, 4) is 0 Å². The zero-order valence-corrected chi connectivity index (χ0v) is 7.69. The van der Waals surface area contributed by atoms with Gasteiger partial charge in [-0.05, 0) is 0 Å². The molecular formula is C8H11N3O3. The van der Waals surface area contributed by atoms with Crippen LogP contribution in [0.4, 0.5) is 5.82 Å². The van der Waals surface area contributed by atoms with Crippen molar-refractivity contribution in [2.45, 2.75) is 6.42 Å². The minimum Gasteiger partial charge on any atom is -0.476 e. The Kier molecular flexibility index (Phi) is 3.35. The van der Waals surface area contributed by atoms with Crippen LogP contribution in [0, 0.1) is 0 Å². The van der Waals surface area contributed by atoms with Gasteiger partial charge in [-0.3, -0.25) is 0 Å². The van der Waals surface area contributed by atoms with Gasteiger partial charge in [0.25, 0.3) is 0 Å². The zero-order valence-electron chi connectivity index (χ0n) is 7.69. The summed E-state index contributed by atoms with van der Waals surface area (Å²) in [6.45, 7) is -0.0767. The van der Waals surface area contributed by atoms with Gasteiger partial charge in [0.1, 0.15) is 0 Å². The van der Waals surface area contributed by atoms with Crippen LogP contribution in [-0.4, -0.2) is 39.8 Å². The molecule has 0 saturated heterocycles. The molecule has 0 radical (unpaired) electrons. The summed E-state index contributed by atoms with van der Waals surface area (Å²) < 4.78 is 0. The molecule has 0 amide bonds. The van der Waals surface area contributed by atoms with Gasteiger partial charge in [0.2, 0.25) is 0 Å². The highest BCUT2D eigenvalue weighted by atomic mass is 16.4. The Morgan fingerprint density at radius 3 is 2.86 bits per heavy atom. The van der Waals surface area contributed by atoms with Gasteiger partial charge in [-0.15, -0.1) is 0 Å². The average Bonchev–Trinajstić information content (AvgIpc) is 2.18. The van der Waals surface area contributed by atoms with Crippen molar-refractivity contribution >= 4 is 11.8 Å². The molecule has 1 heterocycles. The van der Waals surface area contributed by atoms with Crippen molar-refractivity contribution in [2.75, 3.05) is 19.0 Å². The van der Waals surface area contributed by atoms with Gasteiger partial charge in [-0.2, -0.15) is 0 Å². The van der Waals surface area contributed by atoms with Gasteiger partial charge in [0, 0.05) is 20.1 Å². The third-order valence-corrected chi connectivity index (χ3v) is 1.63. The minimum atomic E-state index is -1.14. The number of carboxylic acids is 1. The number of aliphatic hydroxyl groups excluding tert-OH is 1. The molecule has 0 aliphatic carbocycles. The van der Waals surface area contributed by atoms with Crippen molar-refractivity contribution < 1.29 is 15.0 Å². The second-order valence-electron chi connectivity index (χ2n) is 2.59. The summed E-state index contributed by atoms with van der Waals surface area (Å²) in [7, 11) is 1.57. The first kappa shape index (κ1) is 10.4. The summed E-state index contributed by atoms with van der Waals surface area (Å²) in [5.74, 6) is -0.916. The maximum atomic E-state index is 10.7. The molecule has 0 aromatic carbocycles. The number of carbonyl (C=O) groups is 1. The van der Waals surface area contributed by atoms with E-state index in [0.717, 1.165) is 0 Å². The molecule has 3 N–H and O–H groups in total. The van der Waals surface area contributed by atoms with E-state index >= 15 is 0 Å². The van der Waals surface area contributed by atoms with E-state index in [9.17, 15) is 4.79 Å². The number of aromatic nitrogens is 2. The van der Waals surface area contributed by atoms with Crippen LogP contribution in [0.15, 0.2) is 6.20 Å². The van der Waals surface area contributed by atoms with Crippen LogP contribution in [0.3, 0.4) is 0 Å². The fraction of sp³-hybridized carbons (Fsp3) is 0.375. The molecule has 6 nitrogen and oxygen atoms in total. The predicted octanol–water partition coefficient (Wildman–Crippen LogP) is -0.249. The summed E-state index contributed by atoms with van der Waals surface area (Å²) in [6.07, 6.45) is 1.74. The molecule has 1 aromatic rings. The number of carboxylic acid groups (broad SMARTS) is 1. The monoisotopic (exact) mass is 197 g/mol. The largest absolute Gasteiger partial charge is 0.476 e. The Labute approximate surface area is 80.6 Å². The first-order valence-corrected chi connectivity index (χ1v) is 4.07. The van der Waals surface area contributed by atoms with Crippen LogP contribution in [0.5, 0.6) is 0 Å². The highest BCUT2D eigenvalue weighted by Crippen LogP contribution is 2.09. The van der Waals surface area contributed by atoms with Gasteiger partial charge >= 0.3 is 5.97 Å². The highest BCUT2D eigenvalue weighted by Gasteiger charge is 2.12. The molecule has 0 bridgehead atoms. The second-order valence-corrected chi connectivity index (χ2v) is 2.59. The molecule has 0 fully saturated rings. The fourth-order valence-electron chi connectivity index (χ4n) is 0.993. The fourth-order valence-corrected chi connectivity index (χ4v) is 0.993. The number of rotatable bonds is 4. The molecule has 0 unspecified atom stereocenters. The van der Waals surface area contributed by atoms with Crippen LogP contribution in [0.1, 0.15) is 16.2 Å². The van der Waals surface area contributed by atoms with Gasteiger partial charge in [-0.1, -0.05) is 0 Å². The van der Waals surface area contributed by atoms with Crippen LogP contribution in [0.2, 0.25) is 0 Å². The molecule has 0 aliphatic heterocycles. The van der Waals surface area contributed by atoms with Gasteiger partial charge in [0.15, 0.2) is 11.5 Å². The van der Waals surface area contributed by atoms with E-state index in [1.165, 1.54) is 6.20 Å². The van der Waals surface area contributed by atoms with Crippen LogP contribution in [-0.2, 0) is 6.42 Å². The summed E-state index contributed by atoms with van der Waals surface area (Å²) in [6, 6.07) is 0. The molecule has 1 rings (SSSR count). The zero-order chi connectivity index (χ0) is 10.6. The smallest absolute Gasteiger partial charge is 0.358 e. The molecular weight excluding hydrogens is 186 g/mol. The highest BCUT2D eigenvalue weighted by molar-refractivity contribution is 5.90. The van der Waals surface area contributed by atoms with Crippen LogP contribution >= 0.6 is 0 Å². The van der Waals surface area contributed by atoms with E-state index in [0.29, 0.717) is 12.1 Å². The molecule has 0 spiro atoms. The van der Waals surface area contributed by atoms with Crippen molar-refractivity contribution in [1.29, 1.82) is 0 Å². The van der Waals surface area contributed by atoms with E-state index < -0.39 is 5.97 Å². The Hall–Kier alpha value is -1.69. The third-order valence-electron chi connectivity index (χ3n) is 1.63. The average molecular weight is 197 g/mol. The molecule has 14 heavy (non-hydrogen) atoms. The normalized spacial score (nSPS) is 9.86. The Morgan fingerprint density at radius 2 is 2.36 bits per heavy atom. The van der Waals surface area contributed by atoms with Gasteiger partial charge in [0.05, 0.1) is 11.9 Å². The second kappa shape index (κ2) is 4.52. The molecule has 0 aliphatic rings. The van der Waals surface area contributed by atoms with Gasteiger partial charge in [-0.25, -0.2) is 14.8 Å². The number of anilines is 1. The summed E-state index contributed by atoms with van der Waals surface area (Å²) in [4.78, 5) is 18.5. The van der Waals surface area contributed by atoms with Crippen molar-refractivity contribution in [1.82, 2.24) is 9.97 Å². The van der Waals surface area contributed by atoms with Crippen molar-refractivity contribution in [3.63, 3.8) is 0 Å². The Morgan fingerprint density at radius 1 is 1.64 bits per heavy atom. The molecule has 0 saturated carbocycles. The maximum Gasteiger partial charge on any atom is 0.358 e. The van der Waals surface area contributed by atoms with E-state index in [2.05, 4.69) is 15.3 Å². The van der Waals surface area contributed by atoms with Crippen molar-refractivity contribution in [2.24, 2.45) is 0 Å². The van der Waals surface area contributed by atoms with E-state index in [1.54, 1.807) is 7.05 Å². The first-order chi connectivity index (χ1) is 6.69. The molecule has 76 valence electrons. The minimum absolute atomic E-state index is 0.0767. The van der Waals surface area contributed by atoms with E-state index in [-0.39, 0.29) is 18.1 Å². The predicted molar refractivity (Wildman–Crippen MR) is 49.3 cm³/mol. The number of aromatic carboxylic acids is 1. The third kappa shape index (κ3) is 2.17. The quantitative estimate of drug-likeness (QED) is 0.616. The first-order valence-electron chi connectivity index (χ1n) is 4.07. The summed E-state index contributed by atoms with van der Waals surface area (Å²) in [5.41, 5.74) is 0.336. The van der Waals surface area contributed by atoms with E-state index in [1.807, 2.05) is 0 Å². The van der Waals surface area contributed by atoms with Crippen LogP contribution < -0.4 is 5.32 Å². The Balaban J connectivity index is 3.07. The molecule has 1 aromatic heterocycles. The van der Waals surface area contributed by atoms with E-state index in [4.69, 9.17) is 10.2 Å². The number of hydrogen-bond donors (Lipinski definition) is 3. The SMILES string of the molecule is CNc1ncc(CCO)nc1C(=O)O. The molecule has 6 heteroatoms. The number of aliphatic hydroxyl groups is 1.